The first-order chi connectivity index (χ1) is 12.2. The van der Waals surface area contributed by atoms with Gasteiger partial charge in [-0.3, -0.25) is 4.79 Å². The summed E-state index contributed by atoms with van der Waals surface area (Å²) < 4.78 is 27.2. The van der Waals surface area contributed by atoms with Gasteiger partial charge < -0.3 is 10.8 Å². The Morgan fingerprint density at radius 3 is 2.35 bits per heavy atom. The highest BCUT2D eigenvalue weighted by molar-refractivity contribution is 7.89. The number of primary amides is 1. The molecular formula is C18H20N2O5S. The van der Waals surface area contributed by atoms with Gasteiger partial charge in [-0.25, -0.2) is 13.2 Å². The minimum Gasteiger partial charge on any atom is -0.478 e. The lowest BCUT2D eigenvalue weighted by molar-refractivity contribution is -0.118. The van der Waals surface area contributed by atoms with Gasteiger partial charge in [-0.05, 0) is 30.2 Å². The maximum Gasteiger partial charge on any atom is 0.335 e. The van der Waals surface area contributed by atoms with Crippen LogP contribution in [-0.4, -0.2) is 36.3 Å². The average molecular weight is 376 g/mol. The van der Waals surface area contributed by atoms with Gasteiger partial charge in [-0.15, -0.1) is 0 Å². The van der Waals surface area contributed by atoms with E-state index in [2.05, 4.69) is 0 Å². The Morgan fingerprint density at radius 1 is 1.12 bits per heavy atom. The van der Waals surface area contributed by atoms with Crippen molar-refractivity contribution < 1.29 is 23.1 Å². The summed E-state index contributed by atoms with van der Waals surface area (Å²) in [5, 5.41) is 9.24. The number of aromatic carboxylic acids is 1. The lowest BCUT2D eigenvalue weighted by atomic mass is 10.1. The lowest BCUT2D eigenvalue weighted by Gasteiger charge is -2.22. The van der Waals surface area contributed by atoms with Gasteiger partial charge in [0.25, 0.3) is 0 Å². The van der Waals surface area contributed by atoms with Crippen molar-refractivity contribution in [2.24, 2.45) is 5.73 Å². The fourth-order valence-corrected chi connectivity index (χ4v) is 3.90. The number of nitrogens with two attached hydrogens (primary N) is 1. The average Bonchev–Trinajstić information content (AvgIpc) is 2.59. The number of aryl methyl sites for hydroxylation is 1. The minimum absolute atomic E-state index is 0.0483. The maximum absolute atomic E-state index is 13.0. The first-order valence-corrected chi connectivity index (χ1v) is 9.32. The number of sulfonamides is 1. The van der Waals surface area contributed by atoms with E-state index in [4.69, 9.17) is 5.73 Å². The number of nitrogens with zero attached hydrogens (tertiary/aromatic N) is 1. The molecular weight excluding hydrogens is 356 g/mol. The predicted octanol–water partition coefficient (Wildman–Crippen LogP) is 1.76. The van der Waals surface area contributed by atoms with E-state index in [9.17, 15) is 23.1 Å². The molecule has 0 radical (unpaired) electrons. The summed E-state index contributed by atoms with van der Waals surface area (Å²) in [6.45, 7) is 1.55. The van der Waals surface area contributed by atoms with E-state index in [1.165, 1.54) is 12.1 Å². The molecule has 2 aromatic rings. The smallest absolute Gasteiger partial charge is 0.335 e. The Bertz CT molecular complexity index is 910. The van der Waals surface area contributed by atoms with Crippen LogP contribution in [-0.2, 0) is 21.4 Å². The molecule has 0 saturated carbocycles. The molecule has 0 aliphatic rings. The van der Waals surface area contributed by atoms with Gasteiger partial charge in [0.05, 0.1) is 10.5 Å². The Labute approximate surface area is 152 Å². The molecule has 0 atom stereocenters. The van der Waals surface area contributed by atoms with Crippen LogP contribution in [0.3, 0.4) is 0 Å². The molecule has 0 aliphatic heterocycles. The Hall–Kier alpha value is -2.71. The first kappa shape index (κ1) is 19.6. The van der Waals surface area contributed by atoms with Crippen LogP contribution < -0.4 is 5.73 Å². The second-order valence-electron chi connectivity index (χ2n) is 5.82. The number of carboxylic acids is 1. The molecule has 0 spiro atoms. The molecule has 2 aromatic carbocycles. The van der Waals surface area contributed by atoms with Gasteiger partial charge in [0.2, 0.25) is 15.9 Å². The van der Waals surface area contributed by atoms with Crippen molar-refractivity contribution >= 4 is 21.9 Å². The highest BCUT2D eigenvalue weighted by Gasteiger charge is 2.26. The number of hydrogen-bond acceptors (Lipinski definition) is 4. The zero-order valence-corrected chi connectivity index (χ0v) is 15.1. The zero-order chi connectivity index (χ0) is 19.3. The van der Waals surface area contributed by atoms with E-state index in [0.29, 0.717) is 5.56 Å². The number of carbonyl (C=O) groups excluding carboxylic acids is 1. The van der Waals surface area contributed by atoms with Crippen molar-refractivity contribution in [2.75, 3.05) is 6.54 Å². The largest absolute Gasteiger partial charge is 0.478 e. The number of hydrogen-bond donors (Lipinski definition) is 2. The number of carbonyl (C=O) groups is 2. The number of benzene rings is 2. The Morgan fingerprint density at radius 2 is 1.77 bits per heavy atom. The highest BCUT2D eigenvalue weighted by Crippen LogP contribution is 2.22. The molecule has 2 rings (SSSR count). The second-order valence-corrected chi connectivity index (χ2v) is 7.76. The topological polar surface area (TPSA) is 118 Å². The third-order valence-corrected chi connectivity index (χ3v) is 5.73. The molecule has 0 heterocycles. The third-order valence-electron chi connectivity index (χ3n) is 3.89. The molecule has 0 aromatic heterocycles. The van der Waals surface area contributed by atoms with E-state index < -0.39 is 21.9 Å². The summed E-state index contributed by atoms with van der Waals surface area (Å²) in [5.41, 5.74) is 6.28. The number of amides is 1. The molecule has 8 heteroatoms. The van der Waals surface area contributed by atoms with Crippen LogP contribution in [0.4, 0.5) is 0 Å². The quantitative estimate of drug-likeness (QED) is 0.728. The van der Waals surface area contributed by atoms with E-state index in [1.54, 1.807) is 31.2 Å². The van der Waals surface area contributed by atoms with Crippen molar-refractivity contribution in [3.05, 3.63) is 65.2 Å². The summed E-state index contributed by atoms with van der Waals surface area (Å²) in [4.78, 5) is 22.3. The lowest BCUT2D eigenvalue weighted by Crippen LogP contribution is -2.33. The van der Waals surface area contributed by atoms with E-state index >= 15 is 0 Å². The molecule has 138 valence electrons. The Kier molecular flexibility index (Phi) is 6.12. The summed E-state index contributed by atoms with van der Waals surface area (Å²) in [7, 11) is -4.01. The fraction of sp³-hybridized carbons (Fsp3) is 0.222. The summed E-state index contributed by atoms with van der Waals surface area (Å²) in [5.74, 6) is -1.82. The van der Waals surface area contributed by atoms with Crippen LogP contribution in [0.5, 0.6) is 0 Å². The Balaban J connectivity index is 2.42. The zero-order valence-electron chi connectivity index (χ0n) is 14.3. The van der Waals surface area contributed by atoms with Gasteiger partial charge in [-0.1, -0.05) is 36.4 Å². The monoisotopic (exact) mass is 376 g/mol. The van der Waals surface area contributed by atoms with Gasteiger partial charge in [0.1, 0.15) is 0 Å². The molecule has 0 fully saturated rings. The van der Waals surface area contributed by atoms with Gasteiger partial charge in [0.15, 0.2) is 0 Å². The van der Waals surface area contributed by atoms with Crippen molar-refractivity contribution in [1.82, 2.24) is 4.31 Å². The van der Waals surface area contributed by atoms with Gasteiger partial charge >= 0.3 is 5.97 Å². The molecule has 3 N–H and O–H groups in total. The second kappa shape index (κ2) is 8.11. The summed E-state index contributed by atoms with van der Waals surface area (Å²) in [6.07, 6.45) is -0.135. The van der Waals surface area contributed by atoms with Crippen LogP contribution in [0.1, 0.15) is 27.9 Å². The van der Waals surface area contributed by atoms with Crippen molar-refractivity contribution in [3.63, 3.8) is 0 Å². The van der Waals surface area contributed by atoms with E-state index in [-0.39, 0.29) is 30.0 Å². The van der Waals surface area contributed by atoms with Gasteiger partial charge in [0, 0.05) is 19.5 Å². The fourth-order valence-electron chi connectivity index (χ4n) is 2.45. The number of rotatable bonds is 8. The standard InChI is InChI=1S/C18H20N2O5S/c1-13-7-8-15(11-16(13)18(22)23)26(24,25)20(10-9-17(19)21)12-14-5-3-2-4-6-14/h2-8,11H,9-10,12H2,1H3,(H2,19,21)(H,22,23). The third kappa shape index (κ3) is 4.68. The SMILES string of the molecule is Cc1ccc(S(=O)(=O)N(CCC(N)=O)Cc2ccccc2)cc1C(=O)O. The normalized spacial score (nSPS) is 11.5. The molecule has 1 amide bonds. The van der Waals surface area contributed by atoms with Crippen molar-refractivity contribution in [3.8, 4) is 0 Å². The molecule has 0 aliphatic carbocycles. The van der Waals surface area contributed by atoms with Gasteiger partial charge in [-0.2, -0.15) is 4.31 Å². The van der Waals surface area contributed by atoms with Crippen LogP contribution in [0, 0.1) is 6.92 Å². The van der Waals surface area contributed by atoms with Crippen LogP contribution >= 0.6 is 0 Å². The van der Waals surface area contributed by atoms with E-state index in [0.717, 1.165) is 15.9 Å². The molecule has 0 unspecified atom stereocenters. The van der Waals surface area contributed by atoms with Crippen LogP contribution in [0.25, 0.3) is 0 Å². The molecule has 0 bridgehead atoms. The van der Waals surface area contributed by atoms with Crippen molar-refractivity contribution in [1.29, 1.82) is 0 Å². The highest BCUT2D eigenvalue weighted by atomic mass is 32.2. The van der Waals surface area contributed by atoms with Crippen LogP contribution in [0.15, 0.2) is 53.4 Å². The van der Waals surface area contributed by atoms with Crippen LogP contribution in [0.2, 0.25) is 0 Å². The predicted molar refractivity (Wildman–Crippen MR) is 96.0 cm³/mol. The molecule has 26 heavy (non-hydrogen) atoms. The minimum atomic E-state index is -4.01. The summed E-state index contributed by atoms with van der Waals surface area (Å²) in [6, 6.07) is 12.9. The number of carboxylic acid groups (broad SMARTS) is 1. The maximum atomic E-state index is 13.0. The molecule has 0 saturated heterocycles. The molecule has 7 nitrogen and oxygen atoms in total. The summed E-state index contributed by atoms with van der Waals surface area (Å²) >= 11 is 0. The first-order valence-electron chi connectivity index (χ1n) is 7.88. The van der Waals surface area contributed by atoms with E-state index in [1.807, 2.05) is 6.07 Å². The van der Waals surface area contributed by atoms with Crippen molar-refractivity contribution in [2.45, 2.75) is 24.8 Å².